The SMILES string of the molecule is CC1CC(C(C)(C)C)=CC2=C1B1c3oc4cc5c(cc4c3N(c3cc4c(cc3-c3ccccc3)C(C)(C)CCC4(C)C)c3cc(C(C)(C)C)cc(c31)N2c1cc2c(cc1-c1ccccc1)C(C)(C)CCC2(C)C)C1(C)CCC5(C)CC1. The molecule has 1 atom stereocenters. The first-order valence-electron chi connectivity index (χ1n) is 31.3. The minimum atomic E-state index is -0.186. The second kappa shape index (κ2) is 17.1. The lowest BCUT2D eigenvalue weighted by atomic mass is 9.32. The molecule has 6 aromatic carbocycles. The largest absolute Gasteiger partial charge is 0.468 e. The molecule has 0 amide bonds. The van der Waals surface area contributed by atoms with Gasteiger partial charge in [-0.1, -0.05) is 189 Å². The summed E-state index contributed by atoms with van der Waals surface area (Å²) in [4.78, 5) is 5.59. The Morgan fingerprint density at radius 2 is 0.926 bits per heavy atom. The Kier molecular flexibility index (Phi) is 11.2. The third-order valence-corrected chi connectivity index (χ3v) is 22.6. The Morgan fingerprint density at radius 3 is 1.40 bits per heavy atom. The molecule has 3 nitrogen and oxygen atoms in total. The maximum atomic E-state index is 8.01. The number of furan rings is 1. The van der Waals surface area contributed by atoms with Crippen molar-refractivity contribution in [2.45, 2.75) is 213 Å². The van der Waals surface area contributed by atoms with Crippen molar-refractivity contribution in [3.8, 4) is 22.3 Å². The third-order valence-electron chi connectivity index (χ3n) is 22.6. The Labute approximate surface area is 486 Å². The summed E-state index contributed by atoms with van der Waals surface area (Å²) in [6, 6.07) is 43.9. The Hall–Kier alpha value is -6.00. The Balaban J connectivity index is 1.18. The lowest BCUT2D eigenvalue weighted by molar-refractivity contribution is 0.188. The van der Waals surface area contributed by atoms with E-state index in [1.54, 1.807) is 5.56 Å². The van der Waals surface area contributed by atoms with E-state index in [2.05, 4.69) is 243 Å². The van der Waals surface area contributed by atoms with Crippen LogP contribution in [0.3, 0.4) is 0 Å². The number of hydrogen-bond acceptors (Lipinski definition) is 3. The zero-order chi connectivity index (χ0) is 57.1. The van der Waals surface area contributed by atoms with Gasteiger partial charge in [-0.15, -0.1) is 0 Å². The van der Waals surface area contributed by atoms with Crippen molar-refractivity contribution in [1.82, 2.24) is 0 Å². The van der Waals surface area contributed by atoms with Gasteiger partial charge >= 0.3 is 0 Å². The highest BCUT2D eigenvalue weighted by atomic mass is 16.3. The number of hydrogen-bond donors (Lipinski definition) is 0. The number of nitrogens with zero attached hydrogens (tertiary/aromatic N) is 2. The van der Waals surface area contributed by atoms with Crippen molar-refractivity contribution in [1.29, 1.82) is 0 Å². The minimum Gasteiger partial charge on any atom is -0.468 e. The van der Waals surface area contributed by atoms with Crippen LogP contribution in [0, 0.1) is 11.3 Å². The summed E-state index contributed by atoms with van der Waals surface area (Å²) < 4.78 is 8.01. The second-order valence-electron chi connectivity index (χ2n) is 32.1. The smallest absolute Gasteiger partial charge is 0.293 e. The van der Waals surface area contributed by atoms with E-state index in [1.807, 2.05) is 0 Å². The average Bonchev–Trinajstić information content (AvgIpc) is 2.07. The molecule has 1 saturated carbocycles. The van der Waals surface area contributed by atoms with Crippen LogP contribution in [0.25, 0.3) is 33.2 Å². The van der Waals surface area contributed by atoms with Crippen molar-refractivity contribution in [2.24, 2.45) is 11.3 Å². The van der Waals surface area contributed by atoms with Gasteiger partial charge in [0, 0.05) is 33.6 Å². The van der Waals surface area contributed by atoms with E-state index in [0.29, 0.717) is 0 Å². The number of anilines is 5. The van der Waals surface area contributed by atoms with Crippen LogP contribution in [0.15, 0.2) is 136 Å². The van der Waals surface area contributed by atoms with Crippen LogP contribution in [0.1, 0.15) is 214 Å². The van der Waals surface area contributed by atoms with Gasteiger partial charge < -0.3 is 14.2 Å². The van der Waals surface area contributed by atoms with Crippen LogP contribution >= 0.6 is 0 Å². The van der Waals surface area contributed by atoms with E-state index in [0.717, 1.165) is 43.3 Å². The highest BCUT2D eigenvalue weighted by Crippen LogP contribution is 2.61. The topological polar surface area (TPSA) is 19.6 Å². The summed E-state index contributed by atoms with van der Waals surface area (Å²) in [5.74, 6) is 0.240. The van der Waals surface area contributed by atoms with Gasteiger partial charge in [-0.05, 0) is 217 Å². The molecule has 0 spiro atoms. The summed E-state index contributed by atoms with van der Waals surface area (Å²) in [5.41, 5.74) is 29.7. The summed E-state index contributed by atoms with van der Waals surface area (Å²) in [7, 11) is 0. The van der Waals surface area contributed by atoms with E-state index < -0.39 is 0 Å². The van der Waals surface area contributed by atoms with Crippen LogP contribution in [0.4, 0.5) is 28.4 Å². The molecule has 6 aliphatic carbocycles. The molecule has 3 heterocycles. The molecule has 4 heteroatoms. The third kappa shape index (κ3) is 7.79. The van der Waals surface area contributed by atoms with Crippen LogP contribution in [-0.2, 0) is 37.9 Å². The van der Waals surface area contributed by atoms with Gasteiger partial charge in [-0.3, -0.25) is 0 Å². The maximum absolute atomic E-state index is 8.01. The predicted octanol–water partition coefficient (Wildman–Crippen LogP) is 20.2. The van der Waals surface area contributed by atoms with Crippen molar-refractivity contribution < 1.29 is 4.42 Å². The monoisotopic (exact) mass is 1070 g/mol. The molecule has 0 N–H and O–H groups in total. The molecule has 1 fully saturated rings. The first kappa shape index (κ1) is 53.0. The molecule has 416 valence electrons. The molecular formula is C77H89BN2O. The molecule has 1 aromatic heterocycles. The normalized spacial score (nSPS) is 24.5. The zero-order valence-corrected chi connectivity index (χ0v) is 52.3. The Morgan fingerprint density at radius 1 is 0.481 bits per heavy atom. The number of allylic oxidation sites excluding steroid dienone is 3. The summed E-state index contributed by atoms with van der Waals surface area (Å²) in [6.07, 6.45) is 13.2. The van der Waals surface area contributed by atoms with E-state index in [9.17, 15) is 0 Å². The van der Waals surface area contributed by atoms with Crippen LogP contribution in [-0.4, -0.2) is 6.71 Å². The van der Waals surface area contributed by atoms with Crippen LogP contribution < -0.4 is 20.9 Å². The van der Waals surface area contributed by atoms with Gasteiger partial charge in [-0.25, -0.2) is 0 Å². The van der Waals surface area contributed by atoms with Gasteiger partial charge in [0.1, 0.15) is 5.58 Å². The summed E-state index contributed by atoms with van der Waals surface area (Å²) in [5, 5.41) is 1.26. The number of fused-ring (bicyclic) bond motifs is 9. The van der Waals surface area contributed by atoms with Gasteiger partial charge in [-0.2, -0.15) is 0 Å². The lowest BCUT2D eigenvalue weighted by Crippen LogP contribution is -2.57. The van der Waals surface area contributed by atoms with E-state index in [-0.39, 0.29) is 56.0 Å². The van der Waals surface area contributed by atoms with E-state index in [1.165, 1.54) is 137 Å². The van der Waals surface area contributed by atoms with Crippen molar-refractivity contribution >= 4 is 57.2 Å². The molecule has 81 heavy (non-hydrogen) atoms. The van der Waals surface area contributed by atoms with Gasteiger partial charge in [0.25, 0.3) is 6.71 Å². The standard InChI is InChI=1S/C77H89BN2O/c1-46-36-49(70(2,3)4)37-62-66(46)78-67-63(79(62)60-43-56-54(72(8,9)28-30-74(56,12)13)40-51(60)47-24-20-18-21-25-47)38-50(71(5,6)7)39-64(67)80(68-53-42-58-59(45-65(53)81-69(68)78)77(17)34-32-76(58,16)33-35-77)61-44-57-55(73(10,11)29-31-75(57,14)15)41-52(61)48-26-22-19-23-27-48/h18-27,37-46H,28-36H2,1-17H3. The van der Waals surface area contributed by atoms with Gasteiger partial charge in [0.2, 0.25) is 0 Å². The van der Waals surface area contributed by atoms with Crippen molar-refractivity contribution in [3.63, 3.8) is 0 Å². The number of rotatable bonds is 4. The lowest BCUT2D eigenvalue weighted by Gasteiger charge is -2.52. The van der Waals surface area contributed by atoms with Crippen LogP contribution in [0.5, 0.6) is 0 Å². The molecule has 2 aliphatic heterocycles. The average molecular weight is 1070 g/mol. The summed E-state index contributed by atoms with van der Waals surface area (Å²) >= 11 is 0. The molecule has 0 saturated heterocycles. The molecule has 7 aromatic rings. The highest BCUT2D eigenvalue weighted by molar-refractivity contribution is 6.94. The first-order valence-corrected chi connectivity index (χ1v) is 31.3. The molecule has 0 radical (unpaired) electrons. The Bertz CT molecular complexity index is 3870. The minimum absolute atomic E-state index is 0.00130. The first-order chi connectivity index (χ1) is 38.0. The molecule has 15 rings (SSSR count). The van der Waals surface area contributed by atoms with Crippen molar-refractivity contribution in [3.05, 3.63) is 171 Å². The van der Waals surface area contributed by atoms with Crippen LogP contribution in [0.2, 0.25) is 0 Å². The van der Waals surface area contributed by atoms with Gasteiger partial charge in [0.05, 0.1) is 22.7 Å². The maximum Gasteiger partial charge on any atom is 0.293 e. The molecular weight excluding hydrogens is 980 g/mol. The molecule has 1 unspecified atom stereocenters. The predicted molar refractivity (Wildman–Crippen MR) is 346 cm³/mol. The fraction of sp³-hybridized carbons (Fsp3) is 0.455. The zero-order valence-electron chi connectivity index (χ0n) is 52.3. The molecule has 2 bridgehead atoms. The van der Waals surface area contributed by atoms with E-state index in [4.69, 9.17) is 4.42 Å². The fourth-order valence-corrected chi connectivity index (χ4v) is 16.8. The van der Waals surface area contributed by atoms with E-state index >= 15 is 0 Å². The number of benzene rings is 6. The fourth-order valence-electron chi connectivity index (χ4n) is 16.8. The quantitative estimate of drug-likeness (QED) is 0.164. The van der Waals surface area contributed by atoms with Gasteiger partial charge in [0.15, 0.2) is 0 Å². The highest BCUT2D eigenvalue weighted by Gasteiger charge is 2.54. The van der Waals surface area contributed by atoms with Crippen molar-refractivity contribution in [2.75, 3.05) is 9.80 Å². The molecule has 8 aliphatic rings. The second-order valence-corrected chi connectivity index (χ2v) is 32.1. The summed E-state index contributed by atoms with van der Waals surface area (Å²) in [6.45, 7) is 42.1.